The van der Waals surface area contributed by atoms with Crippen LogP contribution >= 0.6 is 35.2 Å². The summed E-state index contributed by atoms with van der Waals surface area (Å²) in [4.78, 5) is 0.379. The van der Waals surface area contributed by atoms with E-state index >= 15 is 0 Å². The maximum absolute atomic E-state index is 12.1. The van der Waals surface area contributed by atoms with Crippen LogP contribution in [0.3, 0.4) is 0 Å². The lowest BCUT2D eigenvalue weighted by Crippen LogP contribution is -2.41. The lowest BCUT2D eigenvalue weighted by molar-refractivity contribution is 0.526. The number of hydrogen-bond acceptors (Lipinski definition) is 4. The number of thiophene rings is 1. The number of rotatable bonds is 4. The first-order valence-electron chi connectivity index (χ1n) is 5.47. The standard InChI is InChI=1S/C10H13ClN2O2S3/c11-8-4-5-9(17-8)18(14,15)13-7-3-1-2-6(7)10(12)16/h4-7,13H,1-3H2,(H2,12,16). The SMILES string of the molecule is NC(=S)C1CCCC1NS(=O)(=O)c1ccc(Cl)s1. The van der Waals surface area contributed by atoms with Gasteiger partial charge in [-0.15, -0.1) is 11.3 Å². The van der Waals surface area contributed by atoms with Crippen molar-refractivity contribution in [1.29, 1.82) is 0 Å². The summed E-state index contributed by atoms with van der Waals surface area (Å²) in [5.74, 6) is -0.0507. The van der Waals surface area contributed by atoms with Gasteiger partial charge in [0.2, 0.25) is 10.0 Å². The summed E-state index contributed by atoms with van der Waals surface area (Å²) in [6.07, 6.45) is 2.54. The van der Waals surface area contributed by atoms with Crippen molar-refractivity contribution in [2.45, 2.75) is 29.5 Å². The Morgan fingerprint density at radius 2 is 2.22 bits per heavy atom. The van der Waals surface area contributed by atoms with Gasteiger partial charge in [-0.05, 0) is 25.0 Å². The first kappa shape index (κ1) is 14.2. The maximum Gasteiger partial charge on any atom is 0.250 e. The lowest BCUT2D eigenvalue weighted by atomic mass is 10.1. The van der Waals surface area contributed by atoms with Gasteiger partial charge in [0.1, 0.15) is 4.21 Å². The molecular formula is C10H13ClN2O2S3. The molecule has 0 amide bonds. The van der Waals surface area contributed by atoms with Crippen LogP contribution < -0.4 is 10.5 Å². The Morgan fingerprint density at radius 3 is 2.78 bits per heavy atom. The van der Waals surface area contributed by atoms with E-state index in [1.165, 1.54) is 6.07 Å². The molecule has 1 aromatic heterocycles. The predicted octanol–water partition coefficient (Wildman–Crippen LogP) is 2.13. The molecule has 100 valence electrons. The Kier molecular flexibility index (Phi) is 4.28. The molecule has 1 aromatic rings. The monoisotopic (exact) mass is 324 g/mol. The van der Waals surface area contributed by atoms with Crippen molar-refractivity contribution in [3.05, 3.63) is 16.5 Å². The highest BCUT2D eigenvalue weighted by atomic mass is 35.5. The van der Waals surface area contributed by atoms with Crippen molar-refractivity contribution < 1.29 is 8.42 Å². The van der Waals surface area contributed by atoms with Crippen LogP contribution in [0.15, 0.2) is 16.3 Å². The fraction of sp³-hybridized carbons (Fsp3) is 0.500. The zero-order chi connectivity index (χ0) is 13.3. The third-order valence-electron chi connectivity index (χ3n) is 3.00. The Balaban J connectivity index is 2.16. The smallest absolute Gasteiger partial charge is 0.250 e. The Hall–Kier alpha value is -0.210. The van der Waals surface area contributed by atoms with E-state index < -0.39 is 10.0 Å². The molecular weight excluding hydrogens is 312 g/mol. The summed E-state index contributed by atoms with van der Waals surface area (Å²) >= 11 is 11.8. The zero-order valence-corrected chi connectivity index (χ0v) is 12.6. The number of nitrogens with one attached hydrogen (secondary N) is 1. The first-order chi connectivity index (χ1) is 8.40. The molecule has 2 unspecified atom stereocenters. The van der Waals surface area contributed by atoms with E-state index in [0.29, 0.717) is 9.32 Å². The molecule has 0 spiro atoms. The van der Waals surface area contributed by atoms with Crippen LogP contribution in [-0.4, -0.2) is 19.4 Å². The van der Waals surface area contributed by atoms with E-state index in [2.05, 4.69) is 4.72 Å². The summed E-state index contributed by atoms with van der Waals surface area (Å²) < 4.78 is 27.6. The first-order valence-corrected chi connectivity index (χ1v) is 8.56. The van der Waals surface area contributed by atoms with Crippen LogP contribution in [0.1, 0.15) is 19.3 Å². The van der Waals surface area contributed by atoms with Gasteiger partial charge in [-0.2, -0.15) is 0 Å². The van der Waals surface area contributed by atoms with E-state index in [-0.39, 0.29) is 16.2 Å². The largest absolute Gasteiger partial charge is 0.393 e. The minimum atomic E-state index is -3.52. The normalized spacial score (nSPS) is 24.3. The van der Waals surface area contributed by atoms with Crippen LogP contribution in [0.4, 0.5) is 0 Å². The molecule has 1 aliphatic rings. The van der Waals surface area contributed by atoms with E-state index in [0.717, 1.165) is 30.6 Å². The summed E-state index contributed by atoms with van der Waals surface area (Å²) in [5.41, 5.74) is 5.63. The number of hydrogen-bond donors (Lipinski definition) is 2. The molecule has 0 saturated heterocycles. The summed E-state index contributed by atoms with van der Waals surface area (Å²) in [6, 6.07) is 2.87. The molecule has 2 rings (SSSR count). The Morgan fingerprint density at radius 1 is 1.50 bits per heavy atom. The van der Waals surface area contributed by atoms with Gasteiger partial charge in [0, 0.05) is 12.0 Å². The molecule has 0 bridgehead atoms. The van der Waals surface area contributed by atoms with Gasteiger partial charge in [0.25, 0.3) is 0 Å². The minimum absolute atomic E-state index is 0.0507. The highest BCUT2D eigenvalue weighted by Crippen LogP contribution is 2.30. The highest BCUT2D eigenvalue weighted by Gasteiger charge is 2.33. The summed E-state index contributed by atoms with van der Waals surface area (Å²) in [6.45, 7) is 0. The van der Waals surface area contributed by atoms with Crippen LogP contribution in [0.5, 0.6) is 0 Å². The van der Waals surface area contributed by atoms with Gasteiger partial charge in [-0.25, -0.2) is 13.1 Å². The molecule has 1 aliphatic carbocycles. The second-order valence-corrected chi connectivity index (χ2v) is 8.35. The van der Waals surface area contributed by atoms with Crippen molar-refractivity contribution in [3.8, 4) is 0 Å². The van der Waals surface area contributed by atoms with Crippen molar-refractivity contribution in [1.82, 2.24) is 4.72 Å². The molecule has 1 heterocycles. The molecule has 4 nitrogen and oxygen atoms in total. The number of halogens is 1. The van der Waals surface area contributed by atoms with Gasteiger partial charge >= 0.3 is 0 Å². The van der Waals surface area contributed by atoms with Crippen molar-refractivity contribution in [3.63, 3.8) is 0 Å². The molecule has 1 fully saturated rings. The molecule has 0 radical (unpaired) electrons. The molecule has 2 atom stereocenters. The molecule has 18 heavy (non-hydrogen) atoms. The van der Waals surface area contributed by atoms with Gasteiger partial charge in [0.05, 0.1) is 9.32 Å². The zero-order valence-electron chi connectivity index (χ0n) is 9.43. The van der Waals surface area contributed by atoms with E-state index in [1.807, 2.05) is 0 Å². The summed E-state index contributed by atoms with van der Waals surface area (Å²) in [7, 11) is -3.52. The topological polar surface area (TPSA) is 72.2 Å². The number of thiocarbonyl (C=S) groups is 1. The minimum Gasteiger partial charge on any atom is -0.393 e. The van der Waals surface area contributed by atoms with Gasteiger partial charge in [0.15, 0.2) is 0 Å². The lowest BCUT2D eigenvalue weighted by Gasteiger charge is -2.19. The molecule has 3 N–H and O–H groups in total. The quantitative estimate of drug-likeness (QED) is 0.832. The van der Waals surface area contributed by atoms with Crippen LogP contribution in [0, 0.1) is 5.92 Å². The second kappa shape index (κ2) is 5.42. The highest BCUT2D eigenvalue weighted by molar-refractivity contribution is 7.91. The average Bonchev–Trinajstić information content (AvgIpc) is 2.86. The van der Waals surface area contributed by atoms with E-state index in [1.54, 1.807) is 6.07 Å². The molecule has 8 heteroatoms. The van der Waals surface area contributed by atoms with Crippen molar-refractivity contribution in [2.24, 2.45) is 11.7 Å². The van der Waals surface area contributed by atoms with Gasteiger partial charge in [-0.3, -0.25) is 0 Å². The average molecular weight is 325 g/mol. The van der Waals surface area contributed by atoms with E-state index in [9.17, 15) is 8.42 Å². The fourth-order valence-electron chi connectivity index (χ4n) is 2.14. The maximum atomic E-state index is 12.1. The second-order valence-electron chi connectivity index (χ2n) is 4.23. The third-order valence-corrected chi connectivity index (χ3v) is 6.52. The number of sulfonamides is 1. The summed E-state index contributed by atoms with van der Waals surface area (Å²) in [5, 5.41) is 0. The van der Waals surface area contributed by atoms with Gasteiger partial charge in [-0.1, -0.05) is 30.2 Å². The van der Waals surface area contributed by atoms with Crippen LogP contribution in [-0.2, 0) is 10.0 Å². The van der Waals surface area contributed by atoms with Crippen LogP contribution in [0.2, 0.25) is 4.34 Å². The molecule has 1 saturated carbocycles. The number of nitrogens with two attached hydrogens (primary N) is 1. The predicted molar refractivity (Wildman–Crippen MR) is 77.6 cm³/mol. The van der Waals surface area contributed by atoms with Gasteiger partial charge < -0.3 is 5.73 Å². The van der Waals surface area contributed by atoms with Crippen molar-refractivity contribution in [2.75, 3.05) is 0 Å². The fourth-order valence-corrected chi connectivity index (χ4v) is 5.23. The van der Waals surface area contributed by atoms with Crippen LogP contribution in [0.25, 0.3) is 0 Å². The molecule has 0 aliphatic heterocycles. The molecule has 0 aromatic carbocycles. The Labute approximate surface area is 121 Å². The van der Waals surface area contributed by atoms with E-state index in [4.69, 9.17) is 29.6 Å². The third kappa shape index (κ3) is 3.03. The Bertz CT molecular complexity index is 555. The van der Waals surface area contributed by atoms with Crippen molar-refractivity contribution >= 4 is 50.2 Å².